The summed E-state index contributed by atoms with van der Waals surface area (Å²) < 4.78 is 4.91. The van der Waals surface area contributed by atoms with E-state index in [-0.39, 0.29) is 0 Å². The van der Waals surface area contributed by atoms with Crippen LogP contribution in [-0.4, -0.2) is 17.4 Å². The Morgan fingerprint density at radius 2 is 2.00 bits per heavy atom. The van der Waals surface area contributed by atoms with E-state index < -0.39 is 0 Å². The van der Waals surface area contributed by atoms with Crippen molar-refractivity contribution in [1.29, 1.82) is 0 Å². The molecule has 0 unspecified atom stereocenters. The highest BCUT2D eigenvalue weighted by molar-refractivity contribution is 5.56. The lowest BCUT2D eigenvalue weighted by molar-refractivity contribution is 0.399. The lowest BCUT2D eigenvalue weighted by Gasteiger charge is -2.13. The molecule has 66 valence electrons. The van der Waals surface area contributed by atoms with Crippen molar-refractivity contribution >= 4 is 11.6 Å². The van der Waals surface area contributed by atoms with Crippen molar-refractivity contribution in [1.82, 2.24) is 10.4 Å². The smallest absolute Gasteiger partial charge is 0.252 e. The SMILES string of the molecule is CN(c1ccccc1)c1cnno1. The second-order valence-corrected chi connectivity index (χ2v) is 2.65. The van der Waals surface area contributed by atoms with Crippen LogP contribution in [0.15, 0.2) is 41.1 Å². The van der Waals surface area contributed by atoms with Crippen LogP contribution in [0.3, 0.4) is 0 Å². The van der Waals surface area contributed by atoms with Crippen molar-refractivity contribution < 1.29 is 4.52 Å². The van der Waals surface area contributed by atoms with Crippen LogP contribution in [0.4, 0.5) is 11.6 Å². The van der Waals surface area contributed by atoms with Crippen LogP contribution < -0.4 is 4.90 Å². The maximum absolute atomic E-state index is 4.91. The van der Waals surface area contributed by atoms with Gasteiger partial charge < -0.3 is 9.42 Å². The van der Waals surface area contributed by atoms with Crippen LogP contribution >= 0.6 is 0 Å². The standard InChI is InChI=1S/C9H9N3O/c1-12(9-7-10-11-13-9)8-5-3-2-4-6-8/h2-7H,1H3. The summed E-state index contributed by atoms with van der Waals surface area (Å²) in [6.07, 6.45) is 1.58. The normalized spacial score (nSPS) is 9.92. The molecule has 0 aliphatic rings. The first-order valence-electron chi connectivity index (χ1n) is 3.94. The van der Waals surface area contributed by atoms with Gasteiger partial charge in [-0.15, -0.1) is 5.10 Å². The van der Waals surface area contributed by atoms with Crippen molar-refractivity contribution in [2.75, 3.05) is 11.9 Å². The summed E-state index contributed by atoms with van der Waals surface area (Å²) in [6, 6.07) is 9.88. The molecule has 1 aromatic heterocycles. The first-order valence-corrected chi connectivity index (χ1v) is 3.94. The van der Waals surface area contributed by atoms with Gasteiger partial charge in [0.15, 0.2) is 0 Å². The fourth-order valence-electron chi connectivity index (χ4n) is 1.09. The van der Waals surface area contributed by atoms with Gasteiger partial charge in [-0.05, 0) is 12.1 Å². The predicted octanol–water partition coefficient (Wildman–Crippen LogP) is 1.84. The van der Waals surface area contributed by atoms with Gasteiger partial charge in [0.05, 0.1) is 0 Å². The molecule has 0 aliphatic heterocycles. The Bertz CT molecular complexity index is 358. The molecule has 0 saturated heterocycles. The molecule has 0 amide bonds. The first-order chi connectivity index (χ1) is 6.38. The number of para-hydroxylation sites is 1. The Balaban J connectivity index is 2.29. The van der Waals surface area contributed by atoms with Gasteiger partial charge >= 0.3 is 0 Å². The van der Waals surface area contributed by atoms with E-state index in [1.54, 1.807) is 6.20 Å². The van der Waals surface area contributed by atoms with Crippen molar-refractivity contribution in [2.45, 2.75) is 0 Å². The van der Waals surface area contributed by atoms with Crippen LogP contribution in [0.5, 0.6) is 0 Å². The van der Waals surface area contributed by atoms with E-state index in [9.17, 15) is 0 Å². The highest BCUT2D eigenvalue weighted by Crippen LogP contribution is 2.20. The summed E-state index contributed by atoms with van der Waals surface area (Å²) in [4.78, 5) is 1.88. The maximum Gasteiger partial charge on any atom is 0.252 e. The molecule has 4 nitrogen and oxygen atoms in total. The van der Waals surface area contributed by atoms with Crippen molar-refractivity contribution in [3.63, 3.8) is 0 Å². The fourth-order valence-corrected chi connectivity index (χ4v) is 1.09. The van der Waals surface area contributed by atoms with E-state index in [0.29, 0.717) is 5.88 Å². The molecule has 0 bridgehead atoms. The fraction of sp³-hybridized carbons (Fsp3) is 0.111. The summed E-state index contributed by atoms with van der Waals surface area (Å²) in [6.45, 7) is 0. The zero-order valence-corrected chi connectivity index (χ0v) is 7.21. The average molecular weight is 175 g/mol. The number of rotatable bonds is 2. The Morgan fingerprint density at radius 1 is 1.23 bits per heavy atom. The van der Waals surface area contributed by atoms with E-state index in [1.165, 1.54) is 0 Å². The highest BCUT2D eigenvalue weighted by atomic mass is 16.5. The molecule has 4 heteroatoms. The Labute approximate surface area is 75.8 Å². The molecule has 0 fully saturated rings. The van der Waals surface area contributed by atoms with Gasteiger partial charge in [0.25, 0.3) is 5.88 Å². The number of aromatic nitrogens is 2. The highest BCUT2D eigenvalue weighted by Gasteiger charge is 2.06. The second kappa shape index (κ2) is 3.26. The van der Waals surface area contributed by atoms with E-state index in [1.807, 2.05) is 42.3 Å². The summed E-state index contributed by atoms with van der Waals surface area (Å²) >= 11 is 0. The summed E-state index contributed by atoms with van der Waals surface area (Å²) in [5.41, 5.74) is 1.04. The minimum Gasteiger partial charge on any atom is -0.319 e. The Hall–Kier alpha value is -1.84. The summed E-state index contributed by atoms with van der Waals surface area (Å²) in [5, 5.41) is 7.01. The van der Waals surface area contributed by atoms with Crippen LogP contribution in [0.1, 0.15) is 0 Å². The molecular weight excluding hydrogens is 166 g/mol. The number of hydrogen-bond donors (Lipinski definition) is 0. The molecule has 0 N–H and O–H groups in total. The van der Waals surface area contributed by atoms with Gasteiger partial charge in [0.2, 0.25) is 0 Å². The summed E-state index contributed by atoms with van der Waals surface area (Å²) in [5.74, 6) is 0.631. The summed E-state index contributed by atoms with van der Waals surface area (Å²) in [7, 11) is 1.90. The number of anilines is 2. The number of hydrogen-bond acceptors (Lipinski definition) is 4. The van der Waals surface area contributed by atoms with Crippen LogP contribution in [-0.2, 0) is 0 Å². The first kappa shape index (κ1) is 7.79. The quantitative estimate of drug-likeness (QED) is 0.698. The van der Waals surface area contributed by atoms with Gasteiger partial charge in [-0.1, -0.05) is 18.2 Å². The van der Waals surface area contributed by atoms with Crippen LogP contribution in [0.2, 0.25) is 0 Å². The molecule has 1 heterocycles. The van der Waals surface area contributed by atoms with Crippen molar-refractivity contribution in [2.24, 2.45) is 0 Å². The third-order valence-electron chi connectivity index (χ3n) is 1.82. The molecule has 0 radical (unpaired) electrons. The third-order valence-corrected chi connectivity index (χ3v) is 1.82. The van der Waals surface area contributed by atoms with Gasteiger partial charge in [0, 0.05) is 18.0 Å². The molecule has 2 rings (SSSR count). The lowest BCUT2D eigenvalue weighted by Crippen LogP contribution is -2.07. The maximum atomic E-state index is 4.91. The molecular formula is C9H9N3O. The largest absolute Gasteiger partial charge is 0.319 e. The van der Waals surface area contributed by atoms with Crippen LogP contribution in [0.25, 0.3) is 0 Å². The van der Waals surface area contributed by atoms with E-state index in [4.69, 9.17) is 4.52 Å². The van der Waals surface area contributed by atoms with Crippen molar-refractivity contribution in [3.05, 3.63) is 36.5 Å². The minimum absolute atomic E-state index is 0.631. The number of benzene rings is 1. The second-order valence-electron chi connectivity index (χ2n) is 2.65. The molecule has 2 aromatic rings. The van der Waals surface area contributed by atoms with E-state index >= 15 is 0 Å². The zero-order valence-electron chi connectivity index (χ0n) is 7.21. The molecule has 13 heavy (non-hydrogen) atoms. The molecule has 0 spiro atoms. The lowest BCUT2D eigenvalue weighted by atomic mass is 10.3. The Kier molecular flexibility index (Phi) is 1.96. The monoisotopic (exact) mass is 175 g/mol. The van der Waals surface area contributed by atoms with Crippen LogP contribution in [0, 0.1) is 0 Å². The van der Waals surface area contributed by atoms with Gasteiger partial charge in [-0.2, -0.15) is 0 Å². The number of nitrogens with zero attached hydrogens (tertiary/aromatic N) is 3. The minimum atomic E-state index is 0.631. The van der Waals surface area contributed by atoms with E-state index in [0.717, 1.165) is 5.69 Å². The molecule has 0 aliphatic carbocycles. The van der Waals surface area contributed by atoms with Gasteiger partial charge in [0.1, 0.15) is 6.20 Å². The third kappa shape index (κ3) is 1.51. The predicted molar refractivity (Wildman–Crippen MR) is 48.8 cm³/mol. The van der Waals surface area contributed by atoms with Gasteiger partial charge in [-0.3, -0.25) is 0 Å². The van der Waals surface area contributed by atoms with Crippen molar-refractivity contribution in [3.8, 4) is 0 Å². The molecule has 1 aromatic carbocycles. The zero-order chi connectivity index (χ0) is 9.10. The Morgan fingerprint density at radius 3 is 2.62 bits per heavy atom. The topological polar surface area (TPSA) is 42.2 Å². The van der Waals surface area contributed by atoms with Gasteiger partial charge in [-0.25, -0.2) is 0 Å². The average Bonchev–Trinajstić information content (AvgIpc) is 2.71. The van der Waals surface area contributed by atoms with E-state index in [2.05, 4.69) is 10.4 Å². The molecule has 0 saturated carbocycles. The molecule has 0 atom stereocenters.